The Hall–Kier alpha value is -0.610. The highest BCUT2D eigenvalue weighted by Crippen LogP contribution is 2.28. The minimum Gasteiger partial charge on any atom is -0.366 e. The number of nitrogens with zero attached hydrogens (tertiary/aromatic N) is 1. The Balaban J connectivity index is 2.67. The normalized spacial score (nSPS) is 23.8. The molecule has 1 fully saturated rings. The van der Waals surface area contributed by atoms with E-state index in [0.717, 1.165) is 19.3 Å². The van der Waals surface area contributed by atoms with Crippen molar-refractivity contribution < 1.29 is 9.53 Å². The van der Waals surface area contributed by atoms with Crippen molar-refractivity contribution in [3.05, 3.63) is 0 Å². The molecule has 0 spiro atoms. The molecule has 0 aromatic rings. The highest BCUT2D eigenvalue weighted by atomic mass is 16.5. The summed E-state index contributed by atoms with van der Waals surface area (Å²) in [6.07, 6.45) is 2.85. The third-order valence-electron chi connectivity index (χ3n) is 3.19. The Bertz CT molecular complexity index is 284. The van der Waals surface area contributed by atoms with Gasteiger partial charge >= 0.3 is 0 Å². The molecule has 1 rings (SSSR count). The Morgan fingerprint density at radius 2 is 1.78 bits per heavy atom. The van der Waals surface area contributed by atoms with Gasteiger partial charge in [0.15, 0.2) is 0 Å². The van der Waals surface area contributed by atoms with Crippen molar-refractivity contribution in [2.24, 2.45) is 5.73 Å². The number of nitrogens with two attached hydrogens (primary N) is 1. The van der Waals surface area contributed by atoms with Gasteiger partial charge in [-0.2, -0.15) is 0 Å². The molecule has 1 aliphatic heterocycles. The molecule has 0 bridgehead atoms. The van der Waals surface area contributed by atoms with Crippen LogP contribution in [0.25, 0.3) is 0 Å². The fourth-order valence-electron chi connectivity index (χ4n) is 2.73. The Labute approximate surface area is 111 Å². The second kappa shape index (κ2) is 5.57. The number of rotatable bonds is 4. The van der Waals surface area contributed by atoms with Crippen molar-refractivity contribution in [3.8, 4) is 0 Å². The lowest BCUT2D eigenvalue weighted by Gasteiger charge is -2.47. The summed E-state index contributed by atoms with van der Waals surface area (Å²) in [5.74, 6) is 0.0629. The molecule has 0 unspecified atom stereocenters. The third-order valence-corrected chi connectivity index (χ3v) is 3.19. The van der Waals surface area contributed by atoms with E-state index in [1.807, 2.05) is 32.6 Å². The van der Waals surface area contributed by atoms with Crippen LogP contribution in [0.15, 0.2) is 0 Å². The zero-order valence-electron chi connectivity index (χ0n) is 12.5. The molecule has 1 heterocycles. The predicted molar refractivity (Wildman–Crippen MR) is 73.3 cm³/mol. The lowest BCUT2D eigenvalue weighted by atomic mass is 9.97. The molecule has 1 atom stereocenters. The van der Waals surface area contributed by atoms with Gasteiger partial charge in [-0.3, -0.25) is 4.79 Å². The number of morpholine rings is 1. The molecule has 1 saturated heterocycles. The van der Waals surface area contributed by atoms with Crippen molar-refractivity contribution in [1.82, 2.24) is 4.90 Å². The number of carbonyl (C=O) groups is 1. The van der Waals surface area contributed by atoms with Crippen molar-refractivity contribution in [2.75, 3.05) is 13.1 Å². The molecular formula is C14H28N2O2. The molecule has 1 amide bonds. The summed E-state index contributed by atoms with van der Waals surface area (Å²) >= 11 is 0. The van der Waals surface area contributed by atoms with E-state index in [-0.39, 0.29) is 23.2 Å². The van der Waals surface area contributed by atoms with Crippen LogP contribution in [0.2, 0.25) is 0 Å². The molecule has 18 heavy (non-hydrogen) atoms. The molecule has 0 aromatic heterocycles. The summed E-state index contributed by atoms with van der Waals surface area (Å²) in [6.45, 7) is 11.4. The maximum Gasteiger partial charge on any atom is 0.239 e. The van der Waals surface area contributed by atoms with E-state index < -0.39 is 0 Å². The van der Waals surface area contributed by atoms with Crippen molar-refractivity contribution in [3.63, 3.8) is 0 Å². The van der Waals surface area contributed by atoms with Gasteiger partial charge in [-0.1, -0.05) is 19.8 Å². The van der Waals surface area contributed by atoms with Gasteiger partial charge in [0.25, 0.3) is 0 Å². The fourth-order valence-corrected chi connectivity index (χ4v) is 2.73. The Morgan fingerprint density at radius 3 is 2.22 bits per heavy atom. The second-order valence-electron chi connectivity index (χ2n) is 6.56. The Kier molecular flexibility index (Phi) is 4.78. The SMILES string of the molecule is CCCC[C@H](N)C(=O)N1CC(C)(C)OC(C)(C)C1. The van der Waals surface area contributed by atoms with E-state index in [0.29, 0.717) is 13.1 Å². The topological polar surface area (TPSA) is 55.6 Å². The highest BCUT2D eigenvalue weighted by Gasteiger charge is 2.40. The molecular weight excluding hydrogens is 228 g/mol. The summed E-state index contributed by atoms with van der Waals surface area (Å²) < 4.78 is 5.97. The van der Waals surface area contributed by atoms with Gasteiger partial charge in [-0.25, -0.2) is 0 Å². The molecule has 106 valence electrons. The quantitative estimate of drug-likeness (QED) is 0.836. The van der Waals surface area contributed by atoms with Crippen LogP contribution in [0.3, 0.4) is 0 Å². The van der Waals surface area contributed by atoms with Gasteiger partial charge in [-0.05, 0) is 34.1 Å². The second-order valence-corrected chi connectivity index (χ2v) is 6.56. The number of carbonyl (C=O) groups excluding carboxylic acids is 1. The predicted octanol–water partition coefficient (Wildman–Crippen LogP) is 1.92. The number of unbranched alkanes of at least 4 members (excludes halogenated alkanes) is 1. The molecule has 2 N–H and O–H groups in total. The maximum absolute atomic E-state index is 12.3. The number of hydrogen-bond donors (Lipinski definition) is 1. The molecule has 1 aliphatic rings. The van der Waals surface area contributed by atoms with E-state index in [9.17, 15) is 4.79 Å². The van der Waals surface area contributed by atoms with E-state index in [1.165, 1.54) is 0 Å². The standard InChI is InChI=1S/C14H28N2O2/c1-6-7-8-11(15)12(17)16-9-13(2,3)18-14(4,5)10-16/h11H,6-10,15H2,1-5H3/t11-/m0/s1. The van der Waals surface area contributed by atoms with Gasteiger partial charge in [-0.15, -0.1) is 0 Å². The minimum absolute atomic E-state index is 0.0629. The van der Waals surface area contributed by atoms with Crippen LogP contribution in [0, 0.1) is 0 Å². The van der Waals surface area contributed by atoms with Crippen LogP contribution < -0.4 is 5.73 Å². The minimum atomic E-state index is -0.366. The van der Waals surface area contributed by atoms with E-state index in [1.54, 1.807) is 0 Å². The smallest absolute Gasteiger partial charge is 0.239 e. The summed E-state index contributed by atoms with van der Waals surface area (Å²) in [5, 5.41) is 0. The van der Waals surface area contributed by atoms with Gasteiger partial charge in [0.2, 0.25) is 5.91 Å². The van der Waals surface area contributed by atoms with Gasteiger partial charge in [0, 0.05) is 13.1 Å². The molecule has 0 aliphatic carbocycles. The van der Waals surface area contributed by atoms with E-state index >= 15 is 0 Å². The molecule has 0 aromatic carbocycles. The largest absolute Gasteiger partial charge is 0.366 e. The molecule has 0 saturated carbocycles. The number of ether oxygens (including phenoxy) is 1. The zero-order valence-corrected chi connectivity index (χ0v) is 12.5. The van der Waals surface area contributed by atoms with Crippen LogP contribution in [-0.2, 0) is 9.53 Å². The van der Waals surface area contributed by atoms with Crippen molar-refractivity contribution >= 4 is 5.91 Å². The van der Waals surface area contributed by atoms with E-state index in [4.69, 9.17) is 10.5 Å². The summed E-state index contributed by atoms with van der Waals surface area (Å²) in [5.41, 5.74) is 5.37. The lowest BCUT2D eigenvalue weighted by Crippen LogP contribution is -2.61. The zero-order chi connectivity index (χ0) is 14.0. The van der Waals surface area contributed by atoms with Crippen molar-refractivity contribution in [2.45, 2.75) is 71.1 Å². The van der Waals surface area contributed by atoms with Gasteiger partial charge in [0.1, 0.15) is 0 Å². The van der Waals surface area contributed by atoms with Gasteiger partial charge < -0.3 is 15.4 Å². The first-order valence-corrected chi connectivity index (χ1v) is 6.91. The molecule has 0 radical (unpaired) electrons. The number of amides is 1. The average Bonchev–Trinajstić information content (AvgIpc) is 2.20. The monoisotopic (exact) mass is 256 g/mol. The summed E-state index contributed by atoms with van der Waals surface area (Å²) in [7, 11) is 0. The summed E-state index contributed by atoms with van der Waals surface area (Å²) in [4.78, 5) is 14.2. The first-order valence-electron chi connectivity index (χ1n) is 6.91. The summed E-state index contributed by atoms with van der Waals surface area (Å²) in [6, 6.07) is -0.366. The highest BCUT2D eigenvalue weighted by molar-refractivity contribution is 5.81. The van der Waals surface area contributed by atoms with Crippen LogP contribution in [0.1, 0.15) is 53.9 Å². The third kappa shape index (κ3) is 4.25. The van der Waals surface area contributed by atoms with Crippen LogP contribution in [-0.4, -0.2) is 41.1 Å². The van der Waals surface area contributed by atoms with Crippen LogP contribution in [0.5, 0.6) is 0 Å². The molecule has 4 nitrogen and oxygen atoms in total. The fraction of sp³-hybridized carbons (Fsp3) is 0.929. The first-order chi connectivity index (χ1) is 8.17. The average molecular weight is 256 g/mol. The maximum atomic E-state index is 12.3. The van der Waals surface area contributed by atoms with Crippen LogP contribution in [0.4, 0.5) is 0 Å². The lowest BCUT2D eigenvalue weighted by molar-refractivity contribution is -0.188. The van der Waals surface area contributed by atoms with Gasteiger partial charge in [0.05, 0.1) is 17.2 Å². The van der Waals surface area contributed by atoms with Crippen LogP contribution >= 0.6 is 0 Å². The Morgan fingerprint density at radius 1 is 1.28 bits per heavy atom. The first kappa shape index (κ1) is 15.4. The molecule has 4 heteroatoms. The van der Waals surface area contributed by atoms with Crippen molar-refractivity contribution in [1.29, 1.82) is 0 Å². The number of hydrogen-bond acceptors (Lipinski definition) is 3. The van der Waals surface area contributed by atoms with E-state index in [2.05, 4.69) is 6.92 Å².